The molecule has 3 rings (SSSR count). The zero-order valence-corrected chi connectivity index (χ0v) is 12.0. The van der Waals surface area contributed by atoms with Crippen molar-refractivity contribution in [2.24, 2.45) is 0 Å². The van der Waals surface area contributed by atoms with Crippen LogP contribution in [-0.2, 0) is 19.3 Å². The highest BCUT2D eigenvalue weighted by Gasteiger charge is 2.13. The molecule has 98 valence electrons. The zero-order chi connectivity index (χ0) is 13.2. The molecule has 19 heavy (non-hydrogen) atoms. The van der Waals surface area contributed by atoms with Crippen LogP contribution < -0.4 is 0 Å². The first-order valence-electron chi connectivity index (χ1n) is 6.89. The molecule has 0 spiro atoms. The molecule has 1 aromatic carbocycles. The van der Waals surface area contributed by atoms with Crippen molar-refractivity contribution in [3.8, 4) is 0 Å². The van der Waals surface area contributed by atoms with Crippen LogP contribution in [0.4, 0.5) is 0 Å². The summed E-state index contributed by atoms with van der Waals surface area (Å²) in [6, 6.07) is 8.45. The van der Waals surface area contributed by atoms with Gasteiger partial charge in [-0.05, 0) is 43.7 Å². The Morgan fingerprint density at radius 1 is 1.21 bits per heavy atom. The Labute approximate surface area is 118 Å². The normalized spacial score (nSPS) is 14.2. The number of aromatic nitrogens is 2. The van der Waals surface area contributed by atoms with Crippen molar-refractivity contribution >= 4 is 12.2 Å². The summed E-state index contributed by atoms with van der Waals surface area (Å²) in [6.07, 6.45) is 5.53. The molecule has 2 nitrogen and oxygen atoms in total. The lowest BCUT2D eigenvalue weighted by Crippen LogP contribution is -2.11. The average Bonchev–Trinajstić information content (AvgIpc) is 2.42. The highest BCUT2D eigenvalue weighted by molar-refractivity contribution is 7.71. The van der Waals surface area contributed by atoms with E-state index in [1.54, 1.807) is 0 Å². The van der Waals surface area contributed by atoms with Gasteiger partial charge < -0.3 is 4.98 Å². The summed E-state index contributed by atoms with van der Waals surface area (Å²) in [4.78, 5) is 8.09. The van der Waals surface area contributed by atoms with Crippen molar-refractivity contribution in [2.45, 2.75) is 39.0 Å². The van der Waals surface area contributed by atoms with Crippen LogP contribution in [0.2, 0.25) is 0 Å². The van der Waals surface area contributed by atoms with Crippen molar-refractivity contribution < 1.29 is 0 Å². The SMILES string of the molecule is Cc1ccccc1Cc1nc(=S)c2c([nH]1)CCCC2. The minimum atomic E-state index is 0.803. The van der Waals surface area contributed by atoms with Gasteiger partial charge in [0.05, 0.1) is 0 Å². The third-order valence-corrected chi connectivity index (χ3v) is 4.21. The highest BCUT2D eigenvalue weighted by atomic mass is 32.1. The molecule has 0 saturated heterocycles. The molecule has 1 aliphatic carbocycles. The number of aryl methyl sites for hydroxylation is 2. The van der Waals surface area contributed by atoms with Gasteiger partial charge in [0.15, 0.2) is 0 Å². The lowest BCUT2D eigenvalue weighted by atomic mass is 9.97. The average molecular weight is 270 g/mol. The van der Waals surface area contributed by atoms with E-state index in [0.29, 0.717) is 0 Å². The van der Waals surface area contributed by atoms with Crippen LogP contribution in [0, 0.1) is 11.6 Å². The summed E-state index contributed by atoms with van der Waals surface area (Å²) in [6.45, 7) is 2.14. The molecule has 0 atom stereocenters. The Morgan fingerprint density at radius 3 is 2.84 bits per heavy atom. The second kappa shape index (κ2) is 5.25. The number of nitrogens with one attached hydrogen (secondary N) is 1. The first-order valence-corrected chi connectivity index (χ1v) is 7.30. The van der Waals surface area contributed by atoms with Crippen molar-refractivity contribution in [1.29, 1.82) is 0 Å². The van der Waals surface area contributed by atoms with Gasteiger partial charge in [-0.3, -0.25) is 0 Å². The molecule has 0 fully saturated rings. The number of benzene rings is 1. The van der Waals surface area contributed by atoms with E-state index >= 15 is 0 Å². The number of hydrogen-bond donors (Lipinski definition) is 1. The molecule has 1 N–H and O–H groups in total. The highest BCUT2D eigenvalue weighted by Crippen LogP contribution is 2.21. The molecule has 1 aliphatic rings. The predicted octanol–water partition coefficient (Wildman–Crippen LogP) is 3.92. The van der Waals surface area contributed by atoms with E-state index in [4.69, 9.17) is 12.2 Å². The summed E-state index contributed by atoms with van der Waals surface area (Å²) >= 11 is 5.44. The maximum absolute atomic E-state index is 5.44. The van der Waals surface area contributed by atoms with Crippen LogP contribution in [0.1, 0.15) is 41.1 Å². The van der Waals surface area contributed by atoms with Crippen molar-refractivity contribution in [3.63, 3.8) is 0 Å². The van der Waals surface area contributed by atoms with E-state index in [2.05, 4.69) is 41.2 Å². The molecule has 0 aliphatic heterocycles. The molecular formula is C16H18N2S. The summed E-state index contributed by atoms with van der Waals surface area (Å²) < 4.78 is 0.803. The first kappa shape index (κ1) is 12.5. The fourth-order valence-electron chi connectivity index (χ4n) is 2.74. The largest absolute Gasteiger partial charge is 0.347 e. The second-order valence-corrected chi connectivity index (χ2v) is 5.64. The van der Waals surface area contributed by atoms with Gasteiger partial charge in [-0.1, -0.05) is 36.5 Å². The Balaban J connectivity index is 1.96. The topological polar surface area (TPSA) is 28.7 Å². The fraction of sp³-hybridized carbons (Fsp3) is 0.375. The van der Waals surface area contributed by atoms with E-state index in [1.165, 1.54) is 35.2 Å². The van der Waals surface area contributed by atoms with Gasteiger partial charge in [0.1, 0.15) is 10.5 Å². The third kappa shape index (κ3) is 2.61. The van der Waals surface area contributed by atoms with Gasteiger partial charge in [0.2, 0.25) is 0 Å². The minimum absolute atomic E-state index is 0.803. The quantitative estimate of drug-likeness (QED) is 0.838. The Hall–Kier alpha value is -1.48. The third-order valence-electron chi connectivity index (χ3n) is 3.88. The number of H-pyrrole nitrogens is 1. The van der Waals surface area contributed by atoms with Crippen molar-refractivity contribution in [3.05, 3.63) is 57.1 Å². The molecule has 1 heterocycles. The molecule has 2 aromatic rings. The summed E-state index contributed by atoms with van der Waals surface area (Å²) in [7, 11) is 0. The maximum Gasteiger partial charge on any atom is 0.133 e. The van der Waals surface area contributed by atoms with Crippen LogP contribution in [-0.4, -0.2) is 9.97 Å². The Kier molecular flexibility index (Phi) is 3.47. The number of hydrogen-bond acceptors (Lipinski definition) is 2. The predicted molar refractivity (Wildman–Crippen MR) is 80.0 cm³/mol. The van der Waals surface area contributed by atoms with Crippen molar-refractivity contribution in [1.82, 2.24) is 9.97 Å². The molecule has 1 aromatic heterocycles. The lowest BCUT2D eigenvalue weighted by Gasteiger charge is -2.16. The Bertz CT molecular complexity index is 658. The zero-order valence-electron chi connectivity index (χ0n) is 11.2. The Morgan fingerprint density at radius 2 is 2.00 bits per heavy atom. The summed E-state index contributed by atoms with van der Waals surface area (Å²) in [5.41, 5.74) is 5.21. The van der Waals surface area contributed by atoms with Gasteiger partial charge >= 0.3 is 0 Å². The molecule has 0 radical (unpaired) electrons. The molecule has 0 unspecified atom stereocenters. The van der Waals surface area contributed by atoms with Gasteiger partial charge in [-0.25, -0.2) is 4.98 Å². The van der Waals surface area contributed by atoms with Crippen molar-refractivity contribution in [2.75, 3.05) is 0 Å². The standard InChI is InChI=1S/C16H18N2S/c1-11-6-2-3-7-12(11)10-15-17-14-9-5-4-8-13(14)16(19)18-15/h2-3,6-7H,4-5,8-10H2,1H3,(H,17,18,19). The smallest absolute Gasteiger partial charge is 0.133 e. The van der Waals surface area contributed by atoms with Crippen LogP contribution >= 0.6 is 12.2 Å². The number of nitrogens with zero attached hydrogens (tertiary/aromatic N) is 1. The van der Waals surface area contributed by atoms with E-state index in [9.17, 15) is 0 Å². The van der Waals surface area contributed by atoms with E-state index in [0.717, 1.165) is 29.7 Å². The number of aromatic amines is 1. The van der Waals surface area contributed by atoms with Gasteiger partial charge in [-0.2, -0.15) is 0 Å². The first-order chi connectivity index (χ1) is 9.24. The minimum Gasteiger partial charge on any atom is -0.347 e. The number of rotatable bonds is 2. The van der Waals surface area contributed by atoms with E-state index in [-0.39, 0.29) is 0 Å². The maximum atomic E-state index is 5.44. The lowest BCUT2D eigenvalue weighted by molar-refractivity contribution is 0.653. The molecule has 3 heteroatoms. The monoisotopic (exact) mass is 270 g/mol. The van der Waals surface area contributed by atoms with Gasteiger partial charge in [0.25, 0.3) is 0 Å². The van der Waals surface area contributed by atoms with Crippen LogP contribution in [0.15, 0.2) is 24.3 Å². The molecule has 0 bridgehead atoms. The van der Waals surface area contributed by atoms with Gasteiger partial charge in [0, 0.05) is 17.7 Å². The second-order valence-electron chi connectivity index (χ2n) is 5.26. The van der Waals surface area contributed by atoms with Crippen LogP contribution in [0.25, 0.3) is 0 Å². The molecule has 0 amide bonds. The van der Waals surface area contributed by atoms with Crippen LogP contribution in [0.5, 0.6) is 0 Å². The van der Waals surface area contributed by atoms with Crippen LogP contribution in [0.3, 0.4) is 0 Å². The van der Waals surface area contributed by atoms with Gasteiger partial charge in [-0.15, -0.1) is 0 Å². The van der Waals surface area contributed by atoms with E-state index in [1.807, 2.05) is 0 Å². The summed E-state index contributed by atoms with van der Waals surface area (Å²) in [5, 5.41) is 0. The number of fused-ring (bicyclic) bond motifs is 1. The molecule has 0 saturated carbocycles. The summed E-state index contributed by atoms with van der Waals surface area (Å²) in [5.74, 6) is 1.000. The van der Waals surface area contributed by atoms with E-state index < -0.39 is 0 Å². The fourth-order valence-corrected chi connectivity index (χ4v) is 3.08. The molecular weight excluding hydrogens is 252 g/mol.